The van der Waals surface area contributed by atoms with Gasteiger partial charge >= 0.3 is 0 Å². The summed E-state index contributed by atoms with van der Waals surface area (Å²) in [7, 11) is 3.75. The number of hydrogen-bond acceptors (Lipinski definition) is 1. The molecule has 0 fully saturated rings. The van der Waals surface area contributed by atoms with Crippen molar-refractivity contribution in [3.63, 3.8) is 0 Å². The van der Waals surface area contributed by atoms with Gasteiger partial charge in [0, 0.05) is 0 Å². The molecule has 0 spiro atoms. The lowest BCUT2D eigenvalue weighted by atomic mass is 10.1. The van der Waals surface area contributed by atoms with Crippen molar-refractivity contribution in [1.29, 1.82) is 0 Å². The second-order valence-corrected chi connectivity index (χ2v) is 2.95. The zero-order valence-electron chi connectivity index (χ0n) is 9.25. The molecule has 0 amide bonds. The van der Waals surface area contributed by atoms with Gasteiger partial charge < -0.3 is 5.32 Å². The van der Waals surface area contributed by atoms with Crippen LogP contribution in [-0.4, -0.2) is 14.1 Å². The van der Waals surface area contributed by atoms with Crippen LogP contribution in [0.3, 0.4) is 0 Å². The Bertz CT molecular complexity index is 287. The van der Waals surface area contributed by atoms with Gasteiger partial charge in [-0.15, -0.1) is 0 Å². The molecule has 1 aromatic rings. The van der Waals surface area contributed by atoms with E-state index in [1.807, 2.05) is 32.3 Å². The molecule has 0 atom stereocenters. The Labute approximate surface area is 87.2 Å². The standard InChI is InChI=1S/C11H12.C2H7N/c1-3-4-8-11-9-6-5-7-10(11)2;1-3-2/h3-9H,1H2,2H3;3H,1-2H3/b8-4-;. The highest BCUT2D eigenvalue weighted by atomic mass is 14.7. The van der Waals surface area contributed by atoms with Crippen LogP contribution in [0.5, 0.6) is 0 Å². The summed E-state index contributed by atoms with van der Waals surface area (Å²) in [5.74, 6) is 0. The Morgan fingerprint density at radius 2 is 1.79 bits per heavy atom. The SMILES string of the molecule is C=C/C=C\c1ccccc1C.CNC. The highest BCUT2D eigenvalue weighted by Gasteiger charge is 1.88. The Kier molecular flexibility index (Phi) is 7.48. The van der Waals surface area contributed by atoms with Crippen molar-refractivity contribution in [3.8, 4) is 0 Å². The Balaban J connectivity index is 0.000000500. The lowest BCUT2D eigenvalue weighted by Gasteiger charge is -1.96. The Hall–Kier alpha value is -1.34. The molecule has 0 aliphatic rings. The second kappa shape index (κ2) is 8.27. The number of aryl methyl sites for hydroxylation is 1. The molecule has 1 nitrogen and oxygen atoms in total. The van der Waals surface area contributed by atoms with E-state index in [2.05, 4.69) is 37.0 Å². The maximum absolute atomic E-state index is 3.62. The molecule has 0 aromatic heterocycles. The molecular weight excluding hydrogens is 170 g/mol. The first-order valence-corrected chi connectivity index (χ1v) is 4.69. The summed E-state index contributed by atoms with van der Waals surface area (Å²) in [6, 6.07) is 8.27. The van der Waals surface area contributed by atoms with E-state index >= 15 is 0 Å². The zero-order chi connectivity index (χ0) is 10.8. The third-order valence-electron chi connectivity index (χ3n) is 1.60. The number of hydrogen-bond donors (Lipinski definition) is 1. The number of rotatable bonds is 2. The van der Waals surface area contributed by atoms with Crippen LogP contribution in [0.15, 0.2) is 43.0 Å². The van der Waals surface area contributed by atoms with Crippen LogP contribution in [-0.2, 0) is 0 Å². The molecule has 0 saturated carbocycles. The van der Waals surface area contributed by atoms with E-state index in [0.717, 1.165) is 0 Å². The van der Waals surface area contributed by atoms with Crippen molar-refractivity contribution in [2.24, 2.45) is 0 Å². The van der Waals surface area contributed by atoms with Gasteiger partial charge in [0.1, 0.15) is 0 Å². The molecular formula is C13H19N. The highest BCUT2D eigenvalue weighted by molar-refractivity contribution is 5.54. The van der Waals surface area contributed by atoms with Crippen molar-refractivity contribution >= 4 is 6.08 Å². The molecule has 1 heteroatoms. The van der Waals surface area contributed by atoms with Crippen molar-refractivity contribution in [1.82, 2.24) is 5.32 Å². The Morgan fingerprint density at radius 1 is 1.21 bits per heavy atom. The predicted octanol–water partition coefficient (Wildman–Crippen LogP) is 3.03. The summed E-state index contributed by atoms with van der Waals surface area (Å²) in [6.45, 7) is 5.72. The number of benzene rings is 1. The maximum Gasteiger partial charge on any atom is -0.0167 e. The summed E-state index contributed by atoms with van der Waals surface area (Å²) >= 11 is 0. The summed E-state index contributed by atoms with van der Waals surface area (Å²) in [5, 5.41) is 2.75. The van der Waals surface area contributed by atoms with E-state index in [9.17, 15) is 0 Å². The molecule has 0 radical (unpaired) electrons. The van der Waals surface area contributed by atoms with E-state index in [-0.39, 0.29) is 0 Å². The van der Waals surface area contributed by atoms with Crippen molar-refractivity contribution < 1.29 is 0 Å². The third-order valence-corrected chi connectivity index (χ3v) is 1.60. The average Bonchev–Trinajstić information content (AvgIpc) is 2.18. The highest BCUT2D eigenvalue weighted by Crippen LogP contribution is 2.08. The van der Waals surface area contributed by atoms with E-state index in [1.165, 1.54) is 11.1 Å². The van der Waals surface area contributed by atoms with Gasteiger partial charge in [-0.05, 0) is 32.1 Å². The van der Waals surface area contributed by atoms with E-state index in [4.69, 9.17) is 0 Å². The molecule has 0 heterocycles. The minimum atomic E-state index is 1.26. The van der Waals surface area contributed by atoms with Gasteiger partial charge in [0.15, 0.2) is 0 Å². The molecule has 0 bridgehead atoms. The smallest absolute Gasteiger partial charge is 0.0167 e. The summed E-state index contributed by atoms with van der Waals surface area (Å²) in [4.78, 5) is 0. The fourth-order valence-electron chi connectivity index (χ4n) is 0.945. The molecule has 0 unspecified atom stereocenters. The van der Waals surface area contributed by atoms with Gasteiger partial charge in [-0.2, -0.15) is 0 Å². The minimum Gasteiger partial charge on any atom is -0.323 e. The maximum atomic E-state index is 3.62. The first-order valence-electron chi connectivity index (χ1n) is 4.69. The Morgan fingerprint density at radius 3 is 2.29 bits per heavy atom. The van der Waals surface area contributed by atoms with Gasteiger partial charge in [-0.1, -0.05) is 49.1 Å². The fourth-order valence-corrected chi connectivity index (χ4v) is 0.945. The molecule has 1 aromatic carbocycles. The van der Waals surface area contributed by atoms with Crippen LogP contribution >= 0.6 is 0 Å². The topological polar surface area (TPSA) is 12.0 Å². The van der Waals surface area contributed by atoms with Crippen LogP contribution in [0.1, 0.15) is 11.1 Å². The van der Waals surface area contributed by atoms with Crippen LogP contribution in [0.25, 0.3) is 6.08 Å². The third kappa shape index (κ3) is 5.33. The van der Waals surface area contributed by atoms with Crippen LogP contribution in [0.2, 0.25) is 0 Å². The number of allylic oxidation sites excluding steroid dienone is 2. The number of nitrogens with one attached hydrogen (secondary N) is 1. The van der Waals surface area contributed by atoms with Crippen molar-refractivity contribution in [3.05, 3.63) is 54.1 Å². The first kappa shape index (κ1) is 12.7. The van der Waals surface area contributed by atoms with Gasteiger partial charge in [0.2, 0.25) is 0 Å². The lowest BCUT2D eigenvalue weighted by Crippen LogP contribution is -1.89. The quantitative estimate of drug-likeness (QED) is 0.705. The van der Waals surface area contributed by atoms with Gasteiger partial charge in [-0.25, -0.2) is 0 Å². The first-order chi connectivity index (χ1) is 6.76. The largest absolute Gasteiger partial charge is 0.323 e. The van der Waals surface area contributed by atoms with Gasteiger partial charge in [0.25, 0.3) is 0 Å². The summed E-state index contributed by atoms with van der Waals surface area (Å²) < 4.78 is 0. The average molecular weight is 189 g/mol. The summed E-state index contributed by atoms with van der Waals surface area (Å²) in [6.07, 6.45) is 5.79. The van der Waals surface area contributed by atoms with Crippen molar-refractivity contribution in [2.45, 2.75) is 6.92 Å². The fraction of sp³-hybridized carbons (Fsp3) is 0.231. The van der Waals surface area contributed by atoms with E-state index in [0.29, 0.717) is 0 Å². The predicted molar refractivity (Wildman–Crippen MR) is 65.4 cm³/mol. The minimum absolute atomic E-state index is 1.26. The van der Waals surface area contributed by atoms with Gasteiger partial charge in [-0.3, -0.25) is 0 Å². The zero-order valence-corrected chi connectivity index (χ0v) is 9.25. The second-order valence-electron chi connectivity index (χ2n) is 2.95. The molecule has 0 saturated heterocycles. The van der Waals surface area contributed by atoms with Crippen molar-refractivity contribution in [2.75, 3.05) is 14.1 Å². The van der Waals surface area contributed by atoms with Gasteiger partial charge in [0.05, 0.1) is 0 Å². The normalized spacial score (nSPS) is 9.36. The lowest BCUT2D eigenvalue weighted by molar-refractivity contribution is 1.02. The molecule has 0 aliphatic carbocycles. The molecule has 1 rings (SSSR count). The monoisotopic (exact) mass is 189 g/mol. The van der Waals surface area contributed by atoms with Crippen LogP contribution in [0.4, 0.5) is 0 Å². The molecule has 76 valence electrons. The summed E-state index contributed by atoms with van der Waals surface area (Å²) in [5.41, 5.74) is 2.55. The van der Waals surface area contributed by atoms with Crippen LogP contribution < -0.4 is 5.32 Å². The molecule has 0 aliphatic heterocycles. The molecule has 1 N–H and O–H groups in total. The van der Waals surface area contributed by atoms with E-state index in [1.54, 1.807) is 6.08 Å². The molecule has 14 heavy (non-hydrogen) atoms. The van der Waals surface area contributed by atoms with Crippen LogP contribution in [0, 0.1) is 6.92 Å². The van der Waals surface area contributed by atoms with E-state index < -0.39 is 0 Å².